The summed E-state index contributed by atoms with van der Waals surface area (Å²) in [5.41, 5.74) is 1.28. The molecule has 0 aliphatic carbocycles. The summed E-state index contributed by atoms with van der Waals surface area (Å²) in [6.07, 6.45) is 2.38. The first kappa shape index (κ1) is 18.2. The lowest BCUT2D eigenvalue weighted by Gasteiger charge is -2.32. The second kappa shape index (κ2) is 8.11. The van der Waals surface area contributed by atoms with Gasteiger partial charge in [0.2, 0.25) is 0 Å². The van der Waals surface area contributed by atoms with Gasteiger partial charge in [0.05, 0.1) is 16.8 Å². The second-order valence-corrected chi connectivity index (χ2v) is 8.02. The first-order valence-corrected chi connectivity index (χ1v) is 9.44. The maximum atomic E-state index is 9.64. The van der Waals surface area contributed by atoms with Crippen molar-refractivity contribution in [1.29, 1.82) is 0 Å². The van der Waals surface area contributed by atoms with Crippen LogP contribution in [0.4, 0.5) is 0 Å². The smallest absolute Gasteiger partial charge is 0.193 e. The van der Waals surface area contributed by atoms with E-state index < -0.39 is 0 Å². The third-order valence-corrected chi connectivity index (χ3v) is 4.91. The molecule has 0 atom stereocenters. The Morgan fingerprint density at radius 3 is 2.70 bits per heavy atom. The predicted molar refractivity (Wildman–Crippen MR) is 97.3 cm³/mol. The zero-order chi connectivity index (χ0) is 16.9. The molecule has 2 N–H and O–H groups in total. The minimum Gasteiger partial charge on any atom is -0.393 e. The largest absolute Gasteiger partial charge is 0.393 e. The van der Waals surface area contributed by atoms with Crippen molar-refractivity contribution < 1.29 is 5.11 Å². The monoisotopic (exact) mass is 338 g/mol. The van der Waals surface area contributed by atoms with Crippen molar-refractivity contribution >= 4 is 17.3 Å². The van der Waals surface area contributed by atoms with Crippen LogP contribution in [0.2, 0.25) is 0 Å². The second-order valence-electron chi connectivity index (χ2n) is 7.08. The number of rotatable bonds is 4. The van der Waals surface area contributed by atoms with E-state index in [0.29, 0.717) is 0 Å². The Morgan fingerprint density at radius 2 is 2.13 bits per heavy atom. The fourth-order valence-electron chi connectivity index (χ4n) is 2.53. The van der Waals surface area contributed by atoms with E-state index in [2.05, 4.69) is 43.3 Å². The van der Waals surface area contributed by atoms with Crippen LogP contribution in [0.25, 0.3) is 0 Å². The number of likely N-dealkylation sites (tertiary alicyclic amines) is 1. The lowest BCUT2D eigenvalue weighted by molar-refractivity contribution is 0.108. The molecule has 0 bridgehead atoms. The maximum Gasteiger partial charge on any atom is 0.193 e. The number of piperidine rings is 1. The molecule has 1 fully saturated rings. The zero-order valence-electron chi connectivity index (χ0n) is 14.8. The van der Waals surface area contributed by atoms with Crippen LogP contribution in [0.5, 0.6) is 0 Å². The molecule has 0 amide bonds. The SMILES string of the molecule is CCNC(=NCCc1nc(C(C)(C)C)cs1)N1CCC(O)CC1. The highest BCUT2D eigenvalue weighted by molar-refractivity contribution is 7.09. The Bertz CT molecular complexity index is 513. The zero-order valence-corrected chi connectivity index (χ0v) is 15.6. The van der Waals surface area contributed by atoms with Crippen LogP contribution in [0.15, 0.2) is 10.4 Å². The summed E-state index contributed by atoms with van der Waals surface area (Å²) < 4.78 is 0. The number of nitrogens with one attached hydrogen (secondary N) is 1. The number of hydrogen-bond donors (Lipinski definition) is 2. The third-order valence-electron chi connectivity index (χ3n) is 4.01. The van der Waals surface area contributed by atoms with E-state index >= 15 is 0 Å². The topological polar surface area (TPSA) is 60.8 Å². The van der Waals surface area contributed by atoms with Crippen molar-refractivity contribution in [3.8, 4) is 0 Å². The molecule has 1 aliphatic heterocycles. The summed E-state index contributed by atoms with van der Waals surface area (Å²) in [5.74, 6) is 0.965. The van der Waals surface area contributed by atoms with Crippen molar-refractivity contribution in [3.05, 3.63) is 16.1 Å². The first-order valence-electron chi connectivity index (χ1n) is 8.56. The van der Waals surface area contributed by atoms with Crippen LogP contribution >= 0.6 is 11.3 Å². The molecular formula is C17H30N4OS. The normalized spacial score (nSPS) is 17.6. The highest BCUT2D eigenvalue weighted by atomic mass is 32.1. The lowest BCUT2D eigenvalue weighted by atomic mass is 9.93. The van der Waals surface area contributed by atoms with Gasteiger partial charge in [-0.2, -0.15) is 0 Å². The number of aliphatic hydroxyl groups excluding tert-OH is 1. The number of nitrogens with zero attached hydrogens (tertiary/aromatic N) is 3. The van der Waals surface area contributed by atoms with E-state index in [0.717, 1.165) is 56.4 Å². The van der Waals surface area contributed by atoms with E-state index in [4.69, 9.17) is 9.98 Å². The van der Waals surface area contributed by atoms with Gasteiger partial charge in [-0.15, -0.1) is 11.3 Å². The van der Waals surface area contributed by atoms with Gasteiger partial charge >= 0.3 is 0 Å². The highest BCUT2D eigenvalue weighted by Crippen LogP contribution is 2.24. The van der Waals surface area contributed by atoms with Crippen molar-refractivity contribution in [2.45, 2.75) is 58.5 Å². The number of guanidine groups is 1. The molecule has 130 valence electrons. The van der Waals surface area contributed by atoms with Crippen molar-refractivity contribution in [2.75, 3.05) is 26.2 Å². The molecule has 1 aliphatic rings. The Balaban J connectivity index is 1.91. The van der Waals surface area contributed by atoms with Crippen LogP contribution in [0.3, 0.4) is 0 Å². The van der Waals surface area contributed by atoms with Gasteiger partial charge in [-0.25, -0.2) is 4.98 Å². The number of thiazole rings is 1. The molecule has 0 spiro atoms. The van der Waals surface area contributed by atoms with E-state index in [1.165, 1.54) is 5.69 Å². The van der Waals surface area contributed by atoms with Crippen LogP contribution in [-0.4, -0.2) is 53.2 Å². The molecule has 23 heavy (non-hydrogen) atoms. The summed E-state index contributed by atoms with van der Waals surface area (Å²) in [6, 6.07) is 0. The highest BCUT2D eigenvalue weighted by Gasteiger charge is 2.20. The Labute approximate surface area is 143 Å². The average Bonchev–Trinajstić information content (AvgIpc) is 2.96. The Hall–Kier alpha value is -1.14. The molecule has 2 rings (SSSR count). The molecule has 1 aromatic rings. The van der Waals surface area contributed by atoms with E-state index in [1.54, 1.807) is 11.3 Å². The maximum absolute atomic E-state index is 9.64. The summed E-state index contributed by atoms with van der Waals surface area (Å²) in [4.78, 5) is 11.7. The van der Waals surface area contributed by atoms with E-state index in [-0.39, 0.29) is 11.5 Å². The fourth-order valence-corrected chi connectivity index (χ4v) is 3.55. The summed E-state index contributed by atoms with van der Waals surface area (Å²) in [5, 5.41) is 16.3. The summed E-state index contributed by atoms with van der Waals surface area (Å²) in [6.45, 7) is 12.0. The molecule has 1 saturated heterocycles. The summed E-state index contributed by atoms with van der Waals surface area (Å²) in [7, 11) is 0. The van der Waals surface area contributed by atoms with E-state index in [1.807, 2.05) is 0 Å². The molecule has 0 radical (unpaired) electrons. The average molecular weight is 339 g/mol. The molecule has 1 aromatic heterocycles. The van der Waals surface area contributed by atoms with Gasteiger partial charge in [0.25, 0.3) is 0 Å². The minimum atomic E-state index is -0.153. The van der Waals surface area contributed by atoms with Crippen molar-refractivity contribution in [1.82, 2.24) is 15.2 Å². The molecule has 0 saturated carbocycles. The molecular weight excluding hydrogens is 308 g/mol. The van der Waals surface area contributed by atoms with Crippen LogP contribution in [0.1, 0.15) is 51.2 Å². The quantitative estimate of drug-likeness (QED) is 0.654. The number of hydrogen-bond acceptors (Lipinski definition) is 4. The fraction of sp³-hybridized carbons (Fsp3) is 0.765. The van der Waals surface area contributed by atoms with Gasteiger partial charge < -0.3 is 15.3 Å². The predicted octanol–water partition coefficient (Wildman–Crippen LogP) is 2.41. The molecule has 0 aromatic carbocycles. The van der Waals surface area contributed by atoms with Gasteiger partial charge in [0, 0.05) is 43.4 Å². The lowest BCUT2D eigenvalue weighted by Crippen LogP contribution is -2.46. The van der Waals surface area contributed by atoms with Crippen molar-refractivity contribution in [3.63, 3.8) is 0 Å². The minimum absolute atomic E-state index is 0.113. The van der Waals surface area contributed by atoms with Gasteiger partial charge in [-0.3, -0.25) is 4.99 Å². The van der Waals surface area contributed by atoms with Gasteiger partial charge in [0.15, 0.2) is 5.96 Å². The standard InChI is InChI=1S/C17H30N4OS/c1-5-18-16(21-10-7-13(22)8-11-21)19-9-6-15-20-14(12-23-15)17(2,3)4/h12-13,22H,5-11H2,1-4H3,(H,18,19). The van der Waals surface area contributed by atoms with Crippen LogP contribution < -0.4 is 5.32 Å². The Kier molecular flexibility index (Phi) is 6.41. The number of aromatic nitrogens is 1. The summed E-state index contributed by atoms with van der Waals surface area (Å²) >= 11 is 1.73. The van der Waals surface area contributed by atoms with Crippen LogP contribution in [-0.2, 0) is 11.8 Å². The molecule has 2 heterocycles. The molecule has 5 nitrogen and oxygen atoms in total. The van der Waals surface area contributed by atoms with Gasteiger partial charge in [0.1, 0.15) is 0 Å². The first-order chi connectivity index (χ1) is 10.9. The van der Waals surface area contributed by atoms with Crippen molar-refractivity contribution in [2.24, 2.45) is 4.99 Å². The molecule has 6 heteroatoms. The van der Waals surface area contributed by atoms with Gasteiger partial charge in [-0.1, -0.05) is 20.8 Å². The van der Waals surface area contributed by atoms with Gasteiger partial charge in [-0.05, 0) is 19.8 Å². The van der Waals surface area contributed by atoms with Crippen LogP contribution in [0, 0.1) is 0 Å². The van der Waals surface area contributed by atoms with E-state index in [9.17, 15) is 5.11 Å². The molecule has 0 unspecified atom stereocenters. The Morgan fingerprint density at radius 1 is 1.43 bits per heavy atom. The third kappa shape index (κ3) is 5.46. The number of aliphatic hydroxyl groups is 1. The number of aliphatic imine (C=N–C) groups is 1.